The van der Waals surface area contributed by atoms with Crippen LogP contribution in [0, 0.1) is 0 Å². The van der Waals surface area contributed by atoms with Crippen LogP contribution in [0.5, 0.6) is 0 Å². The number of carbonyl (C=O) groups is 4. The Balaban J connectivity index is 4.48. The molecule has 0 aromatic carbocycles. The lowest BCUT2D eigenvalue weighted by Gasteiger charge is -2.26. The fourth-order valence-corrected chi connectivity index (χ4v) is 6.40. The number of unbranched alkanes of at least 4 members (excludes halogenated alkanes) is 22. The number of carboxylic acids is 2. The number of carboxylic acid groups (broad SMARTS) is 2. The summed E-state index contributed by atoms with van der Waals surface area (Å²) in [6, 6.07) is 0. The van der Waals surface area contributed by atoms with Crippen molar-refractivity contribution < 1.29 is 38.9 Å². The van der Waals surface area contributed by atoms with Gasteiger partial charge in [-0.2, -0.15) is 0 Å². The average molecular weight is 764 g/mol. The van der Waals surface area contributed by atoms with Gasteiger partial charge in [-0.15, -0.1) is 0 Å². The van der Waals surface area contributed by atoms with Crippen LogP contribution in [0.2, 0.25) is 0 Å². The van der Waals surface area contributed by atoms with Crippen LogP contribution in [0.3, 0.4) is 0 Å². The molecular formula is C45H81NO8. The first kappa shape index (κ1) is 51.3. The predicted molar refractivity (Wildman–Crippen MR) is 221 cm³/mol. The third kappa shape index (κ3) is 39.0. The molecule has 1 unspecified atom stereocenters. The van der Waals surface area contributed by atoms with Crippen LogP contribution < -0.4 is 0 Å². The van der Waals surface area contributed by atoms with E-state index in [0.29, 0.717) is 6.42 Å². The fourth-order valence-electron chi connectivity index (χ4n) is 6.40. The zero-order chi connectivity index (χ0) is 39.7. The molecule has 0 heterocycles. The van der Waals surface area contributed by atoms with E-state index in [1.807, 2.05) is 0 Å². The van der Waals surface area contributed by atoms with Crippen molar-refractivity contribution in [2.75, 3.05) is 26.2 Å². The molecule has 0 aliphatic carbocycles. The Morgan fingerprint density at radius 3 is 1.22 bits per heavy atom. The molecule has 0 aliphatic heterocycles. The van der Waals surface area contributed by atoms with Crippen LogP contribution in [0.1, 0.15) is 206 Å². The number of carbonyl (C=O) groups excluding carboxylic acids is 2. The minimum absolute atomic E-state index is 0.0966. The molecule has 2 N–H and O–H groups in total. The normalized spacial score (nSPS) is 12.2. The van der Waals surface area contributed by atoms with Crippen molar-refractivity contribution in [1.29, 1.82) is 0 Å². The third-order valence-electron chi connectivity index (χ3n) is 9.76. The fraction of sp³-hybridized carbons (Fsp3) is 0.822. The Hall–Kier alpha value is -2.68. The Bertz CT molecular complexity index is 947. The van der Waals surface area contributed by atoms with E-state index in [2.05, 4.69) is 38.2 Å². The van der Waals surface area contributed by atoms with Crippen molar-refractivity contribution in [3.63, 3.8) is 0 Å². The van der Waals surface area contributed by atoms with Gasteiger partial charge in [-0.1, -0.05) is 141 Å². The van der Waals surface area contributed by atoms with Gasteiger partial charge in [0.25, 0.3) is 0 Å². The van der Waals surface area contributed by atoms with E-state index in [0.717, 1.165) is 70.6 Å². The Morgan fingerprint density at radius 1 is 0.481 bits per heavy atom. The maximum absolute atomic E-state index is 12.8. The van der Waals surface area contributed by atoms with Gasteiger partial charge in [0.1, 0.15) is 12.7 Å². The SMILES string of the molecule is CCCCCCCCC=CCCCCCCCC(=O)OCC(CN(CCC(=O)O)CCC(=O)O)OC(=O)CCCCCCCC=CCCCCCCCC. The molecule has 314 valence electrons. The lowest BCUT2D eigenvalue weighted by molar-refractivity contribution is -0.160. The monoisotopic (exact) mass is 764 g/mol. The minimum atomic E-state index is -1.00. The second-order valence-corrected chi connectivity index (χ2v) is 15.1. The summed E-state index contributed by atoms with van der Waals surface area (Å²) in [5.74, 6) is -2.74. The van der Waals surface area contributed by atoms with Crippen LogP contribution >= 0.6 is 0 Å². The molecule has 0 aliphatic rings. The van der Waals surface area contributed by atoms with E-state index in [1.165, 1.54) is 89.9 Å². The molecule has 0 radical (unpaired) electrons. The first-order valence-corrected chi connectivity index (χ1v) is 22.1. The molecule has 0 aromatic rings. The third-order valence-corrected chi connectivity index (χ3v) is 9.76. The second kappa shape index (κ2) is 40.0. The van der Waals surface area contributed by atoms with Gasteiger partial charge >= 0.3 is 23.9 Å². The maximum Gasteiger partial charge on any atom is 0.306 e. The molecule has 1 atom stereocenters. The Labute approximate surface area is 330 Å². The Morgan fingerprint density at radius 2 is 0.833 bits per heavy atom. The van der Waals surface area contributed by atoms with Crippen molar-refractivity contribution in [2.45, 2.75) is 213 Å². The van der Waals surface area contributed by atoms with E-state index >= 15 is 0 Å². The number of hydrogen-bond donors (Lipinski definition) is 2. The molecular weight excluding hydrogens is 682 g/mol. The topological polar surface area (TPSA) is 130 Å². The van der Waals surface area contributed by atoms with Gasteiger partial charge in [0.15, 0.2) is 0 Å². The van der Waals surface area contributed by atoms with Crippen LogP contribution in [0.25, 0.3) is 0 Å². The molecule has 0 aromatic heterocycles. The molecule has 0 bridgehead atoms. The number of esters is 2. The molecule has 0 fully saturated rings. The number of rotatable bonds is 41. The summed E-state index contributed by atoms with van der Waals surface area (Å²) in [5.41, 5.74) is 0. The molecule has 54 heavy (non-hydrogen) atoms. The van der Waals surface area contributed by atoms with Crippen molar-refractivity contribution in [3.8, 4) is 0 Å². The van der Waals surface area contributed by atoms with E-state index in [9.17, 15) is 29.4 Å². The van der Waals surface area contributed by atoms with Gasteiger partial charge in [0.05, 0.1) is 12.8 Å². The van der Waals surface area contributed by atoms with E-state index in [-0.39, 0.29) is 63.9 Å². The number of nitrogens with zero attached hydrogens (tertiary/aromatic N) is 1. The van der Waals surface area contributed by atoms with Crippen LogP contribution in [-0.2, 0) is 28.7 Å². The Kier molecular flexibility index (Phi) is 38.0. The smallest absolute Gasteiger partial charge is 0.306 e. The molecule has 9 heteroatoms. The highest BCUT2D eigenvalue weighted by molar-refractivity contribution is 5.70. The molecule has 0 spiro atoms. The standard InChI is InChI=1S/C45H81NO8/c1-3-5-7-9-11-13-15-17-19-21-23-25-27-29-31-33-44(51)53-40-41(39-46(37-35-42(47)48)38-36-43(49)50)54-45(52)34-32-30-28-26-24-22-20-18-16-14-12-10-8-6-4-2/h17-20,41H,3-16,21-40H2,1-2H3,(H,47,48)(H,49,50). The summed E-state index contributed by atoms with van der Waals surface area (Å²) >= 11 is 0. The van der Waals surface area contributed by atoms with Crippen molar-refractivity contribution in [3.05, 3.63) is 24.3 Å². The molecule has 0 amide bonds. The summed E-state index contributed by atoms with van der Waals surface area (Å²) in [6.07, 6.45) is 39.0. The zero-order valence-electron chi connectivity index (χ0n) is 34.7. The maximum atomic E-state index is 12.8. The highest BCUT2D eigenvalue weighted by atomic mass is 16.6. The number of hydrogen-bond acceptors (Lipinski definition) is 7. The minimum Gasteiger partial charge on any atom is -0.481 e. The first-order valence-electron chi connectivity index (χ1n) is 22.1. The second-order valence-electron chi connectivity index (χ2n) is 15.1. The number of ether oxygens (including phenoxy) is 2. The van der Waals surface area contributed by atoms with Crippen LogP contribution in [-0.4, -0.2) is 71.3 Å². The zero-order valence-corrected chi connectivity index (χ0v) is 34.7. The predicted octanol–water partition coefficient (Wildman–Crippen LogP) is 11.8. The number of allylic oxidation sites excluding steroid dienone is 4. The van der Waals surface area contributed by atoms with Gasteiger partial charge in [0.2, 0.25) is 0 Å². The summed E-state index contributed by atoms with van der Waals surface area (Å²) in [4.78, 5) is 49.4. The first-order chi connectivity index (χ1) is 26.3. The van der Waals surface area contributed by atoms with Gasteiger partial charge in [-0.3, -0.25) is 24.1 Å². The molecule has 0 saturated carbocycles. The highest BCUT2D eigenvalue weighted by Gasteiger charge is 2.22. The van der Waals surface area contributed by atoms with Crippen LogP contribution in [0.15, 0.2) is 24.3 Å². The van der Waals surface area contributed by atoms with Crippen molar-refractivity contribution >= 4 is 23.9 Å². The van der Waals surface area contributed by atoms with E-state index < -0.39 is 18.0 Å². The molecule has 0 rings (SSSR count). The molecule has 9 nitrogen and oxygen atoms in total. The number of aliphatic carboxylic acids is 2. The van der Waals surface area contributed by atoms with Gasteiger partial charge in [-0.05, 0) is 64.2 Å². The van der Waals surface area contributed by atoms with Gasteiger partial charge in [0, 0.05) is 32.5 Å². The summed E-state index contributed by atoms with van der Waals surface area (Å²) in [5, 5.41) is 18.4. The lowest BCUT2D eigenvalue weighted by atomic mass is 10.1. The van der Waals surface area contributed by atoms with Gasteiger partial charge < -0.3 is 19.7 Å². The quantitative estimate of drug-likeness (QED) is 0.0355. The summed E-state index contributed by atoms with van der Waals surface area (Å²) < 4.78 is 11.2. The van der Waals surface area contributed by atoms with E-state index in [1.54, 1.807) is 4.90 Å². The van der Waals surface area contributed by atoms with Crippen LogP contribution in [0.4, 0.5) is 0 Å². The lowest BCUT2D eigenvalue weighted by Crippen LogP contribution is -2.40. The van der Waals surface area contributed by atoms with Gasteiger partial charge in [-0.25, -0.2) is 0 Å². The average Bonchev–Trinajstić information content (AvgIpc) is 3.14. The summed E-state index contributed by atoms with van der Waals surface area (Å²) in [6.45, 7) is 4.66. The van der Waals surface area contributed by atoms with Crippen molar-refractivity contribution in [2.24, 2.45) is 0 Å². The van der Waals surface area contributed by atoms with E-state index in [4.69, 9.17) is 9.47 Å². The highest BCUT2D eigenvalue weighted by Crippen LogP contribution is 2.13. The van der Waals surface area contributed by atoms with Crippen molar-refractivity contribution in [1.82, 2.24) is 4.90 Å². The molecule has 0 saturated heterocycles. The largest absolute Gasteiger partial charge is 0.481 e. The summed E-state index contributed by atoms with van der Waals surface area (Å²) in [7, 11) is 0.